The Morgan fingerprint density at radius 3 is 2.84 bits per heavy atom. The Hall–Kier alpha value is -1.62. The Bertz CT molecular complexity index is 429. The molecule has 1 aliphatic carbocycles. The molecule has 1 heterocycles. The normalized spacial score (nSPS) is 15.9. The maximum absolute atomic E-state index is 11.7. The van der Waals surface area contributed by atoms with Gasteiger partial charge < -0.3 is 15.3 Å². The molecule has 0 spiro atoms. The van der Waals surface area contributed by atoms with Crippen molar-refractivity contribution in [2.45, 2.75) is 38.3 Å². The molecular weight excluding hydrogens is 242 g/mol. The van der Waals surface area contributed by atoms with Crippen molar-refractivity contribution in [2.75, 3.05) is 18.5 Å². The number of aliphatic hydroxyl groups is 1. The van der Waals surface area contributed by atoms with Gasteiger partial charge in [-0.2, -0.15) is 0 Å². The largest absolute Gasteiger partial charge is 0.387 e. The fourth-order valence-electron chi connectivity index (χ4n) is 1.84. The smallest absolute Gasteiger partial charge is 0.239 e. The van der Waals surface area contributed by atoms with Crippen molar-refractivity contribution in [3.8, 4) is 0 Å². The molecular formula is C14H21N3O2. The lowest BCUT2D eigenvalue weighted by molar-refractivity contribution is -0.119. The van der Waals surface area contributed by atoms with Crippen molar-refractivity contribution in [3.05, 3.63) is 24.0 Å². The zero-order valence-electron chi connectivity index (χ0n) is 11.5. The van der Waals surface area contributed by atoms with E-state index >= 15 is 0 Å². The van der Waals surface area contributed by atoms with E-state index in [-0.39, 0.29) is 5.91 Å². The summed E-state index contributed by atoms with van der Waals surface area (Å²) in [5.41, 5.74) is 1.54. The van der Waals surface area contributed by atoms with Crippen molar-refractivity contribution >= 4 is 11.6 Å². The number of carbonyl (C=O) groups is 1. The maximum atomic E-state index is 11.7. The van der Waals surface area contributed by atoms with Crippen molar-refractivity contribution < 1.29 is 9.90 Å². The van der Waals surface area contributed by atoms with Gasteiger partial charge in [-0.05, 0) is 31.4 Å². The highest BCUT2D eigenvalue weighted by Crippen LogP contribution is 2.19. The maximum Gasteiger partial charge on any atom is 0.239 e. The Balaban J connectivity index is 1.90. The predicted octanol–water partition coefficient (Wildman–Crippen LogP) is 1.24. The third-order valence-corrected chi connectivity index (χ3v) is 3.26. The first-order chi connectivity index (χ1) is 9.10. The van der Waals surface area contributed by atoms with E-state index in [9.17, 15) is 9.90 Å². The second-order valence-electron chi connectivity index (χ2n) is 5.06. The molecule has 2 rings (SSSR count). The quantitative estimate of drug-likeness (QED) is 0.810. The van der Waals surface area contributed by atoms with E-state index in [1.54, 1.807) is 12.3 Å². The Kier molecular flexibility index (Phi) is 4.37. The summed E-state index contributed by atoms with van der Waals surface area (Å²) in [6, 6.07) is 4.07. The van der Waals surface area contributed by atoms with Crippen LogP contribution < -0.4 is 10.2 Å². The van der Waals surface area contributed by atoms with Crippen LogP contribution in [-0.2, 0) is 4.79 Å². The molecule has 1 aromatic heterocycles. The van der Waals surface area contributed by atoms with E-state index in [2.05, 4.69) is 10.3 Å². The van der Waals surface area contributed by atoms with Gasteiger partial charge in [0.1, 0.15) is 0 Å². The first-order valence-corrected chi connectivity index (χ1v) is 6.74. The highest BCUT2D eigenvalue weighted by molar-refractivity contribution is 5.81. The lowest BCUT2D eigenvalue weighted by Gasteiger charge is -2.19. The minimum atomic E-state index is -0.516. The SMILES string of the molecule is CC[C@@H](O)c1ccc(N(C)CC(=O)NC2CC2)cn1. The number of hydrogen-bond acceptors (Lipinski definition) is 4. The first kappa shape index (κ1) is 13.8. The van der Waals surface area contributed by atoms with Crippen LogP contribution in [0.25, 0.3) is 0 Å². The van der Waals surface area contributed by atoms with Crippen LogP contribution in [0.4, 0.5) is 5.69 Å². The van der Waals surface area contributed by atoms with E-state index in [1.807, 2.05) is 24.9 Å². The van der Waals surface area contributed by atoms with Gasteiger partial charge in [-0.1, -0.05) is 6.92 Å². The molecule has 1 aliphatic rings. The summed E-state index contributed by atoms with van der Waals surface area (Å²) in [6.07, 6.45) is 4.02. The summed E-state index contributed by atoms with van der Waals surface area (Å²) in [5, 5.41) is 12.6. The molecule has 5 nitrogen and oxygen atoms in total. The zero-order chi connectivity index (χ0) is 13.8. The standard InChI is InChI=1S/C14H21N3O2/c1-3-13(18)12-7-6-11(8-15-12)17(2)9-14(19)16-10-4-5-10/h6-8,10,13,18H,3-5,9H2,1-2H3,(H,16,19)/t13-/m1/s1. The lowest BCUT2D eigenvalue weighted by Crippen LogP contribution is -2.36. The number of aromatic nitrogens is 1. The Morgan fingerprint density at radius 2 is 2.32 bits per heavy atom. The molecule has 0 aliphatic heterocycles. The summed E-state index contributed by atoms with van der Waals surface area (Å²) in [5.74, 6) is 0.0441. The predicted molar refractivity (Wildman–Crippen MR) is 73.9 cm³/mol. The van der Waals surface area contributed by atoms with Crippen LogP contribution >= 0.6 is 0 Å². The molecule has 1 saturated carbocycles. The van der Waals surface area contributed by atoms with E-state index < -0.39 is 6.10 Å². The Morgan fingerprint density at radius 1 is 1.58 bits per heavy atom. The number of rotatable bonds is 6. The molecule has 5 heteroatoms. The number of amides is 1. The van der Waals surface area contributed by atoms with E-state index in [4.69, 9.17) is 0 Å². The minimum Gasteiger partial charge on any atom is -0.387 e. The molecule has 1 fully saturated rings. The minimum absolute atomic E-state index is 0.0441. The highest BCUT2D eigenvalue weighted by atomic mass is 16.3. The third-order valence-electron chi connectivity index (χ3n) is 3.26. The van der Waals surface area contributed by atoms with Crippen LogP contribution in [0, 0.1) is 0 Å². The van der Waals surface area contributed by atoms with Crippen LogP contribution in [0.15, 0.2) is 18.3 Å². The van der Waals surface area contributed by atoms with Crippen LogP contribution in [0.5, 0.6) is 0 Å². The van der Waals surface area contributed by atoms with Gasteiger partial charge in [-0.15, -0.1) is 0 Å². The monoisotopic (exact) mass is 263 g/mol. The first-order valence-electron chi connectivity index (χ1n) is 6.74. The summed E-state index contributed by atoms with van der Waals surface area (Å²) in [6.45, 7) is 2.24. The number of nitrogens with zero attached hydrogens (tertiary/aromatic N) is 2. The molecule has 0 aromatic carbocycles. The van der Waals surface area contributed by atoms with Gasteiger partial charge in [0.2, 0.25) is 5.91 Å². The van der Waals surface area contributed by atoms with Crippen LogP contribution in [-0.4, -0.2) is 35.6 Å². The average Bonchev–Trinajstić information content (AvgIpc) is 3.21. The summed E-state index contributed by atoms with van der Waals surface area (Å²) in [4.78, 5) is 17.8. The topological polar surface area (TPSA) is 65.5 Å². The third kappa shape index (κ3) is 3.92. The molecule has 1 aromatic rings. The average molecular weight is 263 g/mol. The molecule has 0 unspecified atom stereocenters. The Labute approximate surface area is 113 Å². The number of pyridine rings is 1. The molecule has 19 heavy (non-hydrogen) atoms. The summed E-state index contributed by atoms with van der Waals surface area (Å²) in [7, 11) is 1.86. The van der Waals surface area contributed by atoms with Gasteiger partial charge >= 0.3 is 0 Å². The van der Waals surface area contributed by atoms with Gasteiger partial charge in [0.15, 0.2) is 0 Å². The van der Waals surface area contributed by atoms with E-state index in [1.165, 1.54) is 0 Å². The van der Waals surface area contributed by atoms with Crippen LogP contribution in [0.3, 0.4) is 0 Å². The van der Waals surface area contributed by atoms with Crippen molar-refractivity contribution in [2.24, 2.45) is 0 Å². The van der Waals surface area contributed by atoms with Crippen LogP contribution in [0.1, 0.15) is 38.0 Å². The van der Waals surface area contributed by atoms with Gasteiger partial charge in [0.25, 0.3) is 0 Å². The molecule has 1 atom stereocenters. The summed E-state index contributed by atoms with van der Waals surface area (Å²) >= 11 is 0. The van der Waals surface area contributed by atoms with Gasteiger partial charge in [-0.3, -0.25) is 9.78 Å². The van der Waals surface area contributed by atoms with Gasteiger partial charge in [0.05, 0.1) is 30.2 Å². The van der Waals surface area contributed by atoms with Crippen molar-refractivity contribution in [3.63, 3.8) is 0 Å². The van der Waals surface area contributed by atoms with Gasteiger partial charge in [0, 0.05) is 13.1 Å². The zero-order valence-corrected chi connectivity index (χ0v) is 11.5. The highest BCUT2D eigenvalue weighted by Gasteiger charge is 2.23. The molecule has 2 N–H and O–H groups in total. The molecule has 1 amide bonds. The van der Waals surface area contributed by atoms with Crippen molar-refractivity contribution in [1.29, 1.82) is 0 Å². The van der Waals surface area contributed by atoms with Crippen LogP contribution in [0.2, 0.25) is 0 Å². The second-order valence-corrected chi connectivity index (χ2v) is 5.06. The lowest BCUT2D eigenvalue weighted by atomic mass is 10.2. The van der Waals surface area contributed by atoms with E-state index in [0.29, 0.717) is 24.7 Å². The number of nitrogens with one attached hydrogen (secondary N) is 1. The molecule has 0 bridgehead atoms. The molecule has 0 saturated heterocycles. The van der Waals surface area contributed by atoms with Gasteiger partial charge in [-0.25, -0.2) is 0 Å². The molecule has 0 radical (unpaired) electrons. The molecule has 104 valence electrons. The number of anilines is 1. The number of hydrogen-bond donors (Lipinski definition) is 2. The number of carbonyl (C=O) groups excluding carboxylic acids is 1. The number of aliphatic hydroxyl groups excluding tert-OH is 1. The number of likely N-dealkylation sites (N-methyl/N-ethyl adjacent to an activating group) is 1. The van der Waals surface area contributed by atoms with Crippen molar-refractivity contribution in [1.82, 2.24) is 10.3 Å². The van der Waals surface area contributed by atoms with E-state index in [0.717, 1.165) is 18.5 Å². The second kappa shape index (κ2) is 6.02. The summed E-state index contributed by atoms with van der Waals surface area (Å²) < 4.78 is 0. The fraction of sp³-hybridized carbons (Fsp3) is 0.571. The fourth-order valence-corrected chi connectivity index (χ4v) is 1.84.